The van der Waals surface area contributed by atoms with Crippen molar-refractivity contribution in [1.82, 2.24) is 4.90 Å². The number of carbonyl (C=O) groups is 1. The van der Waals surface area contributed by atoms with Gasteiger partial charge in [0.05, 0.1) is 32.7 Å². The third-order valence-corrected chi connectivity index (χ3v) is 8.59. The standard InChI is InChI=1S/C31H39N3O6S/c1-21-15-22(2)20-34(19-21)31(35)24-10-11-27(32-14-13-23-9-12-28(39-4)29(16-23)40-5)30(17-24)41(36,37)33-25-7-6-8-26(18-25)38-3/h6-12,16-18,21-22,32-33H,13-15,19-20H2,1-5H3/t21-,22-/m0/s1. The quantitative estimate of drug-likeness (QED) is 0.317. The molecule has 1 saturated heterocycles. The average Bonchev–Trinajstić information content (AvgIpc) is 2.96. The van der Waals surface area contributed by atoms with E-state index in [2.05, 4.69) is 23.9 Å². The number of anilines is 2. The van der Waals surface area contributed by atoms with Gasteiger partial charge in [0.25, 0.3) is 15.9 Å². The van der Waals surface area contributed by atoms with E-state index in [4.69, 9.17) is 14.2 Å². The van der Waals surface area contributed by atoms with Crippen molar-refractivity contribution < 1.29 is 27.4 Å². The minimum Gasteiger partial charge on any atom is -0.497 e. The molecule has 1 aliphatic rings. The summed E-state index contributed by atoms with van der Waals surface area (Å²) >= 11 is 0. The highest BCUT2D eigenvalue weighted by Crippen LogP contribution is 2.30. The highest BCUT2D eigenvalue weighted by Gasteiger charge is 2.28. The molecule has 3 aromatic rings. The fourth-order valence-electron chi connectivity index (χ4n) is 5.31. The molecule has 0 aliphatic carbocycles. The third kappa shape index (κ3) is 7.43. The number of carbonyl (C=O) groups excluding carboxylic acids is 1. The topological polar surface area (TPSA) is 106 Å². The molecule has 1 heterocycles. The minimum absolute atomic E-state index is 0.00316. The number of likely N-dealkylation sites (tertiary alicyclic amines) is 1. The Labute approximate surface area is 242 Å². The van der Waals surface area contributed by atoms with Crippen LogP contribution in [0.25, 0.3) is 0 Å². The first kappa shape index (κ1) is 30.0. The van der Waals surface area contributed by atoms with Gasteiger partial charge in [0.1, 0.15) is 10.6 Å². The SMILES string of the molecule is COc1cccc(NS(=O)(=O)c2cc(C(=O)N3C[C@@H](C)C[C@H](C)C3)ccc2NCCc2ccc(OC)c(OC)c2)c1. The number of sulfonamides is 1. The lowest BCUT2D eigenvalue weighted by molar-refractivity contribution is 0.0623. The molecule has 1 amide bonds. The van der Waals surface area contributed by atoms with E-state index in [1.54, 1.807) is 50.6 Å². The molecule has 2 atom stereocenters. The lowest BCUT2D eigenvalue weighted by Gasteiger charge is -2.35. The van der Waals surface area contributed by atoms with E-state index in [0.29, 0.717) is 72.1 Å². The van der Waals surface area contributed by atoms with Crippen molar-refractivity contribution in [3.8, 4) is 17.2 Å². The Morgan fingerprint density at radius 2 is 1.63 bits per heavy atom. The number of methoxy groups -OCH3 is 3. The Bertz CT molecular complexity index is 1470. The van der Waals surface area contributed by atoms with Crippen molar-refractivity contribution in [2.75, 3.05) is 51.0 Å². The van der Waals surface area contributed by atoms with Crippen LogP contribution in [0.1, 0.15) is 36.2 Å². The number of piperidine rings is 1. The van der Waals surface area contributed by atoms with E-state index < -0.39 is 10.0 Å². The molecule has 0 spiro atoms. The maximum absolute atomic E-state index is 13.7. The molecule has 2 N–H and O–H groups in total. The first-order chi connectivity index (χ1) is 19.6. The van der Waals surface area contributed by atoms with Gasteiger partial charge >= 0.3 is 0 Å². The monoisotopic (exact) mass is 581 g/mol. The summed E-state index contributed by atoms with van der Waals surface area (Å²) in [5.41, 5.74) is 2.09. The van der Waals surface area contributed by atoms with Crippen molar-refractivity contribution in [3.05, 3.63) is 71.8 Å². The number of hydrogen-bond acceptors (Lipinski definition) is 7. The lowest BCUT2D eigenvalue weighted by atomic mass is 9.91. The van der Waals surface area contributed by atoms with Crippen LogP contribution in [0, 0.1) is 11.8 Å². The largest absolute Gasteiger partial charge is 0.497 e. The van der Waals surface area contributed by atoms with E-state index in [0.717, 1.165) is 12.0 Å². The van der Waals surface area contributed by atoms with E-state index >= 15 is 0 Å². The van der Waals surface area contributed by atoms with Crippen LogP contribution in [0.3, 0.4) is 0 Å². The summed E-state index contributed by atoms with van der Waals surface area (Å²) in [5, 5.41) is 3.26. The van der Waals surface area contributed by atoms with Gasteiger partial charge in [-0.3, -0.25) is 9.52 Å². The first-order valence-electron chi connectivity index (χ1n) is 13.7. The number of ether oxygens (including phenoxy) is 3. The maximum Gasteiger partial charge on any atom is 0.263 e. The first-order valence-corrected chi connectivity index (χ1v) is 15.2. The molecular weight excluding hydrogens is 542 g/mol. The van der Waals surface area contributed by atoms with Gasteiger partial charge in [-0.15, -0.1) is 0 Å². The van der Waals surface area contributed by atoms with Gasteiger partial charge in [-0.2, -0.15) is 0 Å². The van der Waals surface area contributed by atoms with Crippen LogP contribution < -0.4 is 24.2 Å². The van der Waals surface area contributed by atoms with Gasteiger partial charge in [0.2, 0.25) is 0 Å². The Kier molecular flexibility index (Phi) is 9.65. The number of rotatable bonds is 11. The van der Waals surface area contributed by atoms with E-state index in [1.807, 2.05) is 23.1 Å². The van der Waals surface area contributed by atoms with Gasteiger partial charge in [0, 0.05) is 31.3 Å². The number of hydrogen-bond donors (Lipinski definition) is 2. The Morgan fingerprint density at radius 3 is 2.32 bits per heavy atom. The average molecular weight is 582 g/mol. The molecule has 41 heavy (non-hydrogen) atoms. The predicted molar refractivity (Wildman–Crippen MR) is 161 cm³/mol. The van der Waals surface area contributed by atoms with Gasteiger partial charge in [0.15, 0.2) is 11.5 Å². The lowest BCUT2D eigenvalue weighted by Crippen LogP contribution is -2.42. The molecule has 9 nitrogen and oxygen atoms in total. The molecule has 0 saturated carbocycles. The summed E-state index contributed by atoms with van der Waals surface area (Å²) in [6.07, 6.45) is 1.67. The summed E-state index contributed by atoms with van der Waals surface area (Å²) in [7, 11) is 0.620. The zero-order valence-electron chi connectivity index (χ0n) is 24.3. The molecule has 1 aliphatic heterocycles. The van der Waals surface area contributed by atoms with Crippen LogP contribution in [0.15, 0.2) is 65.6 Å². The van der Waals surface area contributed by atoms with E-state index in [1.165, 1.54) is 13.2 Å². The number of benzene rings is 3. The van der Waals surface area contributed by atoms with Crippen molar-refractivity contribution in [2.45, 2.75) is 31.6 Å². The van der Waals surface area contributed by atoms with Gasteiger partial charge < -0.3 is 24.4 Å². The fourth-order valence-corrected chi connectivity index (χ4v) is 6.57. The van der Waals surface area contributed by atoms with Crippen molar-refractivity contribution in [2.24, 2.45) is 11.8 Å². The maximum atomic E-state index is 13.7. The molecule has 0 radical (unpaired) electrons. The number of amides is 1. The molecule has 220 valence electrons. The number of nitrogens with zero attached hydrogens (tertiary/aromatic N) is 1. The Hall–Kier alpha value is -3.92. The molecule has 4 rings (SSSR count). The molecule has 0 aromatic heterocycles. The molecular formula is C31H39N3O6S. The highest BCUT2D eigenvalue weighted by atomic mass is 32.2. The molecule has 3 aromatic carbocycles. The van der Waals surface area contributed by atoms with Crippen LogP contribution in [0.5, 0.6) is 17.2 Å². The van der Waals surface area contributed by atoms with Crippen molar-refractivity contribution in [3.63, 3.8) is 0 Å². The molecule has 0 bridgehead atoms. The summed E-state index contributed by atoms with van der Waals surface area (Å²) in [6, 6.07) is 17.2. The normalized spacial score (nSPS) is 17.0. The van der Waals surface area contributed by atoms with Crippen molar-refractivity contribution >= 4 is 27.3 Å². The van der Waals surface area contributed by atoms with Gasteiger partial charge in [-0.25, -0.2) is 8.42 Å². The van der Waals surface area contributed by atoms with Crippen LogP contribution in [0.2, 0.25) is 0 Å². The second kappa shape index (κ2) is 13.2. The summed E-state index contributed by atoms with van der Waals surface area (Å²) < 4.78 is 46.0. The summed E-state index contributed by atoms with van der Waals surface area (Å²) in [6.45, 7) is 6.02. The van der Waals surface area contributed by atoms with Gasteiger partial charge in [-0.1, -0.05) is 26.0 Å². The molecule has 0 unspecified atom stereocenters. The Morgan fingerprint density at radius 1 is 0.902 bits per heavy atom. The van der Waals surface area contributed by atoms with E-state index in [-0.39, 0.29) is 10.8 Å². The fraction of sp³-hybridized carbons (Fsp3) is 0.387. The molecule has 10 heteroatoms. The van der Waals surface area contributed by atoms with Crippen LogP contribution >= 0.6 is 0 Å². The summed E-state index contributed by atoms with van der Waals surface area (Å²) in [4.78, 5) is 15.3. The van der Waals surface area contributed by atoms with Crippen LogP contribution in [-0.2, 0) is 16.4 Å². The van der Waals surface area contributed by atoms with Crippen LogP contribution in [-0.4, -0.2) is 60.2 Å². The smallest absolute Gasteiger partial charge is 0.263 e. The highest BCUT2D eigenvalue weighted by molar-refractivity contribution is 7.92. The zero-order valence-corrected chi connectivity index (χ0v) is 25.1. The summed E-state index contributed by atoms with van der Waals surface area (Å²) in [5.74, 6) is 2.39. The third-order valence-electron chi connectivity index (χ3n) is 7.17. The minimum atomic E-state index is -4.07. The second-order valence-electron chi connectivity index (χ2n) is 10.6. The van der Waals surface area contributed by atoms with Crippen LogP contribution in [0.4, 0.5) is 11.4 Å². The van der Waals surface area contributed by atoms with E-state index in [9.17, 15) is 13.2 Å². The Balaban J connectivity index is 1.62. The van der Waals surface area contributed by atoms with Gasteiger partial charge in [-0.05, 0) is 72.7 Å². The predicted octanol–water partition coefficient (Wildman–Crippen LogP) is 5.29. The zero-order chi connectivity index (χ0) is 29.6. The molecule has 1 fully saturated rings. The van der Waals surface area contributed by atoms with Crippen molar-refractivity contribution in [1.29, 1.82) is 0 Å². The number of nitrogens with one attached hydrogen (secondary N) is 2. The second-order valence-corrected chi connectivity index (χ2v) is 12.2.